The van der Waals surface area contributed by atoms with Crippen molar-refractivity contribution in [3.63, 3.8) is 0 Å². The summed E-state index contributed by atoms with van der Waals surface area (Å²) in [5.74, 6) is 1.19. The fourth-order valence-electron chi connectivity index (χ4n) is 7.34. The number of rotatable bonds is 2. The molecule has 0 aromatic rings. The lowest BCUT2D eigenvalue weighted by Gasteiger charge is -2.65. The van der Waals surface area contributed by atoms with Gasteiger partial charge in [0.25, 0.3) is 0 Å². The number of carbonyl (C=O) groups excluding carboxylic acids is 1. The number of carbonyl (C=O) groups is 1. The van der Waals surface area contributed by atoms with Crippen molar-refractivity contribution in [1.82, 2.24) is 0 Å². The molecule has 0 radical (unpaired) electrons. The van der Waals surface area contributed by atoms with Gasteiger partial charge < -0.3 is 10.2 Å². The van der Waals surface area contributed by atoms with Crippen LogP contribution in [0.25, 0.3) is 0 Å². The number of allylic oxidation sites excluding steroid dienone is 1. The van der Waals surface area contributed by atoms with Gasteiger partial charge in [0, 0.05) is 12.0 Å². The molecule has 0 aliphatic heterocycles. The molecule has 3 nitrogen and oxygen atoms in total. The molecule has 3 saturated carbocycles. The molecule has 2 N–H and O–H groups in total. The molecule has 0 unspecified atom stereocenters. The van der Waals surface area contributed by atoms with E-state index in [9.17, 15) is 15.0 Å². The summed E-state index contributed by atoms with van der Waals surface area (Å²) in [5, 5.41) is 21.2. The van der Waals surface area contributed by atoms with Crippen molar-refractivity contribution in [3.8, 4) is 0 Å². The van der Waals surface area contributed by atoms with E-state index in [1.165, 1.54) is 12.8 Å². The van der Waals surface area contributed by atoms with Crippen LogP contribution in [0.1, 0.15) is 58.8 Å². The van der Waals surface area contributed by atoms with E-state index in [-0.39, 0.29) is 29.0 Å². The topological polar surface area (TPSA) is 57.5 Å². The third-order valence-electron chi connectivity index (χ3n) is 8.43. The van der Waals surface area contributed by atoms with Crippen LogP contribution in [0.2, 0.25) is 0 Å². The first-order chi connectivity index (χ1) is 10.9. The van der Waals surface area contributed by atoms with Gasteiger partial charge in [0.05, 0.1) is 6.10 Å². The summed E-state index contributed by atoms with van der Waals surface area (Å²) in [5.41, 5.74) is 0.865. The maximum atomic E-state index is 11.5. The van der Waals surface area contributed by atoms with Gasteiger partial charge in [0.1, 0.15) is 6.29 Å². The zero-order valence-corrected chi connectivity index (χ0v) is 14.4. The SMILES string of the molecule is C[C@]1(CO)CCC[C@]2(C)[C@@H]1C[C@@H](O)[C@]13C=C(C=O)[C@H](CC[C@@H]21)C3. The largest absolute Gasteiger partial charge is 0.396 e. The zero-order valence-electron chi connectivity index (χ0n) is 14.4. The van der Waals surface area contributed by atoms with Crippen molar-refractivity contribution in [2.45, 2.75) is 64.9 Å². The molecule has 0 aromatic heterocycles. The second kappa shape index (κ2) is 4.92. The molecular formula is C20H30O3. The maximum absolute atomic E-state index is 11.5. The minimum Gasteiger partial charge on any atom is -0.396 e. The molecule has 1 spiro atoms. The Morgan fingerprint density at radius 2 is 2.04 bits per heavy atom. The van der Waals surface area contributed by atoms with Crippen LogP contribution in [0.3, 0.4) is 0 Å². The normalized spacial score (nSPS) is 54.9. The Balaban J connectivity index is 1.80. The van der Waals surface area contributed by atoms with E-state index < -0.39 is 0 Å². The van der Waals surface area contributed by atoms with Crippen LogP contribution in [0, 0.1) is 34.0 Å². The van der Waals surface area contributed by atoms with Crippen LogP contribution in [0.5, 0.6) is 0 Å². The van der Waals surface area contributed by atoms with E-state index in [2.05, 4.69) is 19.9 Å². The Labute approximate surface area is 139 Å². The summed E-state index contributed by atoms with van der Waals surface area (Å²) in [6.07, 6.45) is 10.2. The number of aliphatic hydroxyl groups excluding tert-OH is 2. The van der Waals surface area contributed by atoms with E-state index in [1.807, 2.05) is 0 Å². The lowest BCUT2D eigenvalue weighted by atomic mass is 9.40. The molecule has 0 amide bonds. The average Bonchev–Trinajstić information content (AvgIpc) is 2.82. The molecule has 0 aromatic carbocycles. The second-order valence-corrected chi connectivity index (χ2v) is 9.38. The molecule has 4 aliphatic carbocycles. The first-order valence-electron chi connectivity index (χ1n) is 9.36. The van der Waals surface area contributed by atoms with Crippen LogP contribution in [-0.2, 0) is 4.79 Å². The second-order valence-electron chi connectivity index (χ2n) is 9.38. The monoisotopic (exact) mass is 318 g/mol. The smallest absolute Gasteiger partial charge is 0.146 e. The van der Waals surface area contributed by atoms with E-state index >= 15 is 0 Å². The fourth-order valence-corrected chi connectivity index (χ4v) is 7.34. The third-order valence-corrected chi connectivity index (χ3v) is 8.43. The Morgan fingerprint density at radius 3 is 2.74 bits per heavy atom. The number of fused-ring (bicyclic) bond motifs is 3. The van der Waals surface area contributed by atoms with Crippen molar-refractivity contribution in [2.24, 2.45) is 34.0 Å². The molecular weight excluding hydrogens is 288 g/mol. The zero-order chi connectivity index (χ0) is 16.5. The molecule has 4 rings (SSSR count). The summed E-state index contributed by atoms with van der Waals surface area (Å²) in [6, 6.07) is 0. The molecule has 0 heterocycles. The van der Waals surface area contributed by atoms with Gasteiger partial charge in [-0.1, -0.05) is 26.3 Å². The van der Waals surface area contributed by atoms with Crippen LogP contribution >= 0.6 is 0 Å². The molecule has 3 heteroatoms. The summed E-state index contributed by atoms with van der Waals surface area (Å²) < 4.78 is 0. The van der Waals surface area contributed by atoms with Gasteiger partial charge in [0.2, 0.25) is 0 Å². The van der Waals surface area contributed by atoms with Gasteiger partial charge >= 0.3 is 0 Å². The molecule has 23 heavy (non-hydrogen) atoms. The molecule has 0 saturated heterocycles. The average molecular weight is 318 g/mol. The van der Waals surface area contributed by atoms with Crippen LogP contribution < -0.4 is 0 Å². The van der Waals surface area contributed by atoms with Crippen molar-refractivity contribution in [2.75, 3.05) is 6.61 Å². The first-order valence-corrected chi connectivity index (χ1v) is 9.36. The van der Waals surface area contributed by atoms with Crippen molar-refractivity contribution in [3.05, 3.63) is 11.6 Å². The molecule has 2 bridgehead atoms. The Kier molecular flexibility index (Phi) is 3.39. The minimum atomic E-state index is -0.366. The van der Waals surface area contributed by atoms with Gasteiger partial charge in [0.15, 0.2) is 0 Å². The summed E-state index contributed by atoms with van der Waals surface area (Å²) in [6.45, 7) is 4.85. The Hall–Kier alpha value is -0.670. The number of hydrogen-bond donors (Lipinski definition) is 2. The molecule has 128 valence electrons. The van der Waals surface area contributed by atoms with Crippen molar-refractivity contribution >= 4 is 6.29 Å². The van der Waals surface area contributed by atoms with E-state index in [4.69, 9.17) is 0 Å². The maximum Gasteiger partial charge on any atom is 0.146 e. The molecule has 4 aliphatic rings. The fraction of sp³-hybridized carbons (Fsp3) is 0.850. The lowest BCUT2D eigenvalue weighted by molar-refractivity contribution is -0.193. The first kappa shape index (κ1) is 15.8. The highest BCUT2D eigenvalue weighted by Gasteiger charge is 2.65. The highest BCUT2D eigenvalue weighted by Crippen LogP contribution is 2.70. The van der Waals surface area contributed by atoms with Gasteiger partial charge in [-0.25, -0.2) is 0 Å². The number of aldehydes is 1. The summed E-state index contributed by atoms with van der Waals surface area (Å²) in [4.78, 5) is 11.5. The number of aliphatic hydroxyl groups is 2. The van der Waals surface area contributed by atoms with E-state index in [1.54, 1.807) is 0 Å². The highest BCUT2D eigenvalue weighted by atomic mass is 16.3. The Bertz CT molecular complexity index is 555. The van der Waals surface area contributed by atoms with Crippen LogP contribution in [-0.4, -0.2) is 29.2 Å². The molecule has 7 atom stereocenters. The van der Waals surface area contributed by atoms with Crippen LogP contribution in [0.15, 0.2) is 11.6 Å². The summed E-state index contributed by atoms with van der Waals surface area (Å²) in [7, 11) is 0. The van der Waals surface area contributed by atoms with Crippen LogP contribution in [0.4, 0.5) is 0 Å². The third kappa shape index (κ3) is 1.87. The van der Waals surface area contributed by atoms with E-state index in [0.29, 0.717) is 17.8 Å². The van der Waals surface area contributed by atoms with E-state index in [0.717, 1.165) is 44.0 Å². The predicted molar refractivity (Wildman–Crippen MR) is 88.7 cm³/mol. The van der Waals surface area contributed by atoms with Crippen molar-refractivity contribution in [1.29, 1.82) is 0 Å². The minimum absolute atomic E-state index is 0.0672. The quantitative estimate of drug-likeness (QED) is 0.769. The highest BCUT2D eigenvalue weighted by molar-refractivity contribution is 5.75. The van der Waals surface area contributed by atoms with Gasteiger partial charge in [-0.3, -0.25) is 4.79 Å². The van der Waals surface area contributed by atoms with Gasteiger partial charge in [-0.15, -0.1) is 0 Å². The molecule has 3 fully saturated rings. The predicted octanol–water partition coefficient (Wildman–Crippen LogP) is 3.10. The van der Waals surface area contributed by atoms with Gasteiger partial charge in [-0.05, 0) is 72.7 Å². The van der Waals surface area contributed by atoms with Crippen molar-refractivity contribution < 1.29 is 15.0 Å². The number of hydrogen-bond acceptors (Lipinski definition) is 3. The summed E-state index contributed by atoms with van der Waals surface area (Å²) >= 11 is 0. The van der Waals surface area contributed by atoms with Gasteiger partial charge in [-0.2, -0.15) is 0 Å². The standard InChI is InChI=1S/C20H30O3/c1-18(12-22)6-3-7-19(2)15-5-4-13-9-20(15,10-14(13)11-21)17(23)8-16(18)19/h10-11,13,15-17,22-23H,3-9,12H2,1-2H3/t13-,15+,16-,17-,18-,19+,20-/m1/s1. The Morgan fingerprint density at radius 1 is 1.26 bits per heavy atom. The lowest BCUT2D eigenvalue weighted by Crippen LogP contribution is -2.61.